The average molecular weight is 300 g/mol. The number of rotatable bonds is 4. The van der Waals surface area contributed by atoms with Gasteiger partial charge in [0.1, 0.15) is 17.0 Å². The van der Waals surface area contributed by atoms with Crippen molar-refractivity contribution in [3.63, 3.8) is 0 Å². The summed E-state index contributed by atoms with van der Waals surface area (Å²) in [5, 5.41) is 22.8. The number of carboxylic acid groups (broad SMARTS) is 1. The maximum Gasteiger partial charge on any atom is 0.329 e. The molecule has 1 fully saturated rings. The Labute approximate surface area is 118 Å². The van der Waals surface area contributed by atoms with Crippen molar-refractivity contribution in [2.75, 3.05) is 5.32 Å². The van der Waals surface area contributed by atoms with E-state index in [1.807, 2.05) is 0 Å². The first-order chi connectivity index (χ1) is 9.85. The van der Waals surface area contributed by atoms with Gasteiger partial charge in [-0.15, -0.1) is 0 Å². The summed E-state index contributed by atoms with van der Waals surface area (Å²) in [4.78, 5) is 21.4. The van der Waals surface area contributed by atoms with Gasteiger partial charge >= 0.3 is 11.7 Å². The predicted octanol–water partition coefficient (Wildman–Crippen LogP) is 3.07. The van der Waals surface area contributed by atoms with E-state index in [4.69, 9.17) is 0 Å². The molecule has 0 aliphatic heterocycles. The number of carboxylic acids is 1. The molecule has 0 bridgehead atoms. The fraction of sp³-hybridized carbons (Fsp3) is 0.462. The van der Waals surface area contributed by atoms with Gasteiger partial charge in [0.25, 0.3) is 0 Å². The van der Waals surface area contributed by atoms with Gasteiger partial charge in [-0.2, -0.15) is 4.39 Å². The van der Waals surface area contributed by atoms with Crippen LogP contribution in [0.15, 0.2) is 12.1 Å². The van der Waals surface area contributed by atoms with Gasteiger partial charge in [0.2, 0.25) is 5.82 Å². The minimum absolute atomic E-state index is 0.248. The van der Waals surface area contributed by atoms with Crippen molar-refractivity contribution in [2.45, 2.75) is 37.6 Å². The van der Waals surface area contributed by atoms with Crippen LogP contribution in [0.4, 0.5) is 20.2 Å². The number of hydrogen-bond acceptors (Lipinski definition) is 4. The molecule has 1 saturated carbocycles. The molecule has 0 saturated heterocycles. The van der Waals surface area contributed by atoms with Crippen LogP contribution in [0.1, 0.15) is 32.1 Å². The lowest BCUT2D eigenvalue weighted by molar-refractivity contribution is -0.386. The molecule has 0 spiro atoms. The van der Waals surface area contributed by atoms with E-state index in [2.05, 4.69) is 5.32 Å². The molecular formula is C13H14F2N2O4. The number of aliphatic carboxylic acids is 1. The molecule has 6 nitrogen and oxygen atoms in total. The van der Waals surface area contributed by atoms with Gasteiger partial charge in [-0.3, -0.25) is 10.1 Å². The summed E-state index contributed by atoms with van der Waals surface area (Å²) >= 11 is 0. The zero-order valence-electron chi connectivity index (χ0n) is 11.1. The first-order valence-electron chi connectivity index (χ1n) is 6.51. The summed E-state index contributed by atoms with van der Waals surface area (Å²) in [6.07, 6.45) is 2.61. The molecular weight excluding hydrogens is 286 g/mol. The third-order valence-corrected chi connectivity index (χ3v) is 3.70. The van der Waals surface area contributed by atoms with Crippen molar-refractivity contribution in [2.24, 2.45) is 0 Å². The molecule has 0 radical (unpaired) electrons. The SMILES string of the molecule is O=C(O)C1(Nc2cc(F)cc(F)c2[N+](=O)[O-])CCCCC1. The number of nitrogens with zero attached hydrogens (tertiary/aromatic N) is 1. The third kappa shape index (κ3) is 2.93. The second-order valence-electron chi connectivity index (χ2n) is 5.11. The van der Waals surface area contributed by atoms with Gasteiger partial charge in [-0.1, -0.05) is 19.3 Å². The Balaban J connectivity index is 2.46. The first-order valence-corrected chi connectivity index (χ1v) is 6.51. The minimum Gasteiger partial charge on any atom is -0.480 e. The number of nitro benzene ring substituents is 1. The van der Waals surface area contributed by atoms with Gasteiger partial charge in [0, 0.05) is 12.1 Å². The largest absolute Gasteiger partial charge is 0.480 e. The smallest absolute Gasteiger partial charge is 0.329 e. The minimum atomic E-state index is -1.43. The van der Waals surface area contributed by atoms with Crippen LogP contribution in [0.5, 0.6) is 0 Å². The van der Waals surface area contributed by atoms with Crippen LogP contribution < -0.4 is 5.32 Å². The Morgan fingerprint density at radius 1 is 1.29 bits per heavy atom. The number of nitro groups is 1. The van der Waals surface area contributed by atoms with Gasteiger partial charge in [0.15, 0.2) is 0 Å². The highest BCUT2D eigenvalue weighted by atomic mass is 19.1. The topological polar surface area (TPSA) is 92.5 Å². The van der Waals surface area contributed by atoms with Crippen LogP contribution in [-0.2, 0) is 4.79 Å². The Kier molecular flexibility index (Phi) is 4.06. The molecule has 21 heavy (non-hydrogen) atoms. The number of anilines is 1. The quantitative estimate of drug-likeness (QED) is 0.658. The highest BCUT2D eigenvalue weighted by Gasteiger charge is 2.41. The van der Waals surface area contributed by atoms with E-state index in [-0.39, 0.29) is 12.8 Å². The summed E-state index contributed by atoms with van der Waals surface area (Å²) in [7, 11) is 0. The Bertz CT molecular complexity index is 586. The molecule has 0 atom stereocenters. The number of hydrogen-bond donors (Lipinski definition) is 2. The van der Waals surface area contributed by atoms with E-state index in [0.29, 0.717) is 18.9 Å². The Morgan fingerprint density at radius 3 is 2.43 bits per heavy atom. The highest BCUT2D eigenvalue weighted by molar-refractivity contribution is 5.84. The molecule has 0 aromatic heterocycles. The van der Waals surface area contributed by atoms with Gasteiger partial charge in [0.05, 0.1) is 4.92 Å². The summed E-state index contributed by atoms with van der Waals surface area (Å²) in [6, 6.07) is 1.15. The van der Waals surface area contributed by atoms with Crippen LogP contribution in [0.2, 0.25) is 0 Å². The molecule has 2 N–H and O–H groups in total. The molecule has 1 aromatic rings. The predicted molar refractivity (Wildman–Crippen MR) is 70.1 cm³/mol. The number of nitrogens with one attached hydrogen (secondary N) is 1. The van der Waals surface area contributed by atoms with Crippen molar-refractivity contribution in [1.29, 1.82) is 0 Å². The summed E-state index contributed by atoms with van der Waals surface area (Å²) in [6.45, 7) is 0. The molecule has 0 unspecified atom stereocenters. The Hall–Kier alpha value is -2.25. The maximum absolute atomic E-state index is 13.6. The molecule has 0 amide bonds. The molecule has 1 aliphatic rings. The van der Waals surface area contributed by atoms with E-state index >= 15 is 0 Å². The Morgan fingerprint density at radius 2 is 1.90 bits per heavy atom. The standard InChI is InChI=1S/C13H14F2N2O4/c14-8-6-9(15)11(17(20)21)10(7-8)16-13(12(18)19)4-2-1-3-5-13/h6-7,16H,1-5H2,(H,18,19). The van der Waals surface area contributed by atoms with Gasteiger partial charge < -0.3 is 10.4 Å². The van der Waals surface area contributed by atoms with Crippen LogP contribution in [-0.4, -0.2) is 21.5 Å². The van der Waals surface area contributed by atoms with Crippen molar-refractivity contribution < 1.29 is 23.6 Å². The van der Waals surface area contributed by atoms with E-state index < -0.39 is 39.4 Å². The number of benzene rings is 1. The summed E-state index contributed by atoms with van der Waals surface area (Å²) in [5.41, 5.74) is -2.81. The molecule has 2 rings (SSSR count). The lowest BCUT2D eigenvalue weighted by Crippen LogP contribution is -2.48. The summed E-state index contributed by atoms with van der Waals surface area (Å²) in [5.74, 6) is -3.52. The lowest BCUT2D eigenvalue weighted by Gasteiger charge is -2.34. The van der Waals surface area contributed by atoms with Gasteiger partial charge in [-0.05, 0) is 12.8 Å². The second-order valence-corrected chi connectivity index (χ2v) is 5.11. The number of carbonyl (C=O) groups is 1. The van der Waals surface area contributed by atoms with Crippen molar-refractivity contribution in [1.82, 2.24) is 0 Å². The van der Waals surface area contributed by atoms with E-state index in [0.717, 1.165) is 12.5 Å². The van der Waals surface area contributed by atoms with Crippen LogP contribution in [0.3, 0.4) is 0 Å². The maximum atomic E-state index is 13.6. The first kappa shape index (κ1) is 15.1. The van der Waals surface area contributed by atoms with Crippen LogP contribution in [0, 0.1) is 21.7 Å². The second kappa shape index (κ2) is 5.63. The summed E-state index contributed by atoms with van der Waals surface area (Å²) < 4.78 is 26.9. The van der Waals surface area contributed by atoms with Crippen molar-refractivity contribution >= 4 is 17.3 Å². The fourth-order valence-electron chi connectivity index (χ4n) is 2.65. The van der Waals surface area contributed by atoms with E-state index in [1.54, 1.807) is 0 Å². The third-order valence-electron chi connectivity index (χ3n) is 3.70. The molecule has 0 heterocycles. The fourth-order valence-corrected chi connectivity index (χ4v) is 2.65. The number of halogens is 2. The zero-order valence-corrected chi connectivity index (χ0v) is 11.1. The van der Waals surface area contributed by atoms with E-state index in [1.165, 1.54) is 0 Å². The molecule has 1 aliphatic carbocycles. The average Bonchev–Trinajstić information content (AvgIpc) is 2.38. The normalized spacial score (nSPS) is 17.2. The van der Waals surface area contributed by atoms with E-state index in [9.17, 15) is 28.8 Å². The van der Waals surface area contributed by atoms with Crippen molar-refractivity contribution in [3.8, 4) is 0 Å². The highest BCUT2D eigenvalue weighted by Crippen LogP contribution is 2.36. The molecule has 8 heteroatoms. The lowest BCUT2D eigenvalue weighted by atomic mass is 9.81. The molecule has 114 valence electrons. The van der Waals surface area contributed by atoms with Crippen LogP contribution in [0.25, 0.3) is 0 Å². The monoisotopic (exact) mass is 300 g/mol. The van der Waals surface area contributed by atoms with Gasteiger partial charge in [-0.25, -0.2) is 9.18 Å². The van der Waals surface area contributed by atoms with Crippen molar-refractivity contribution in [3.05, 3.63) is 33.9 Å². The molecule has 1 aromatic carbocycles. The van der Waals surface area contributed by atoms with Crippen LogP contribution >= 0.6 is 0 Å². The zero-order chi connectivity index (χ0) is 15.6.